The Hall–Kier alpha value is -3.99. The van der Waals surface area contributed by atoms with Gasteiger partial charge in [0.05, 0.1) is 18.9 Å². The normalized spacial score (nSPS) is 15.8. The highest BCUT2D eigenvalue weighted by Gasteiger charge is 2.34. The third-order valence-electron chi connectivity index (χ3n) is 5.95. The van der Waals surface area contributed by atoms with Crippen molar-refractivity contribution in [2.45, 2.75) is 51.1 Å². The number of hydrogen-bond acceptors (Lipinski definition) is 9. The highest BCUT2D eigenvalue weighted by Crippen LogP contribution is 2.27. The monoisotopic (exact) mass is 589 g/mol. The highest BCUT2D eigenvalue weighted by molar-refractivity contribution is 5.91. The molecule has 0 atom stereocenters. The maximum atomic E-state index is 13.2. The van der Waals surface area contributed by atoms with Crippen LogP contribution >= 0.6 is 0 Å². The molecule has 0 unspecified atom stereocenters. The first-order valence-corrected chi connectivity index (χ1v) is 12.7. The SMILES string of the molecule is N/C(=C\N(N)CCCCn1cc(C(=O)NCc2cccc(OC(F)(F)F)c2)nn1)NC(=O)CN1CCC(F)(F)CC1. The van der Waals surface area contributed by atoms with Crippen molar-refractivity contribution in [3.63, 3.8) is 0 Å². The van der Waals surface area contributed by atoms with Crippen LogP contribution in [-0.4, -0.2) is 75.2 Å². The molecule has 41 heavy (non-hydrogen) atoms. The Bertz CT molecular complexity index is 1200. The minimum Gasteiger partial charge on any atom is -0.406 e. The van der Waals surface area contributed by atoms with Gasteiger partial charge in [0, 0.05) is 45.6 Å². The minimum absolute atomic E-state index is 0.0198. The van der Waals surface area contributed by atoms with E-state index < -0.39 is 29.8 Å². The number of likely N-dealkylation sites (tertiary alicyclic amines) is 1. The van der Waals surface area contributed by atoms with Gasteiger partial charge in [-0.1, -0.05) is 17.3 Å². The van der Waals surface area contributed by atoms with Crippen molar-refractivity contribution in [1.82, 2.24) is 35.5 Å². The van der Waals surface area contributed by atoms with Gasteiger partial charge in [-0.05, 0) is 30.5 Å². The Labute approximate surface area is 232 Å². The zero-order chi connectivity index (χ0) is 30.0. The van der Waals surface area contributed by atoms with Crippen molar-refractivity contribution in [3.05, 3.63) is 53.7 Å². The summed E-state index contributed by atoms with van der Waals surface area (Å²) < 4.78 is 68.9. The lowest BCUT2D eigenvalue weighted by molar-refractivity contribution is -0.274. The van der Waals surface area contributed by atoms with Gasteiger partial charge in [0.25, 0.3) is 11.8 Å². The molecule has 1 aromatic carbocycles. The molecule has 17 heteroatoms. The van der Waals surface area contributed by atoms with Crippen LogP contribution in [0.25, 0.3) is 0 Å². The number of carbonyl (C=O) groups is 2. The van der Waals surface area contributed by atoms with Crippen LogP contribution in [0.15, 0.2) is 42.5 Å². The molecule has 0 aliphatic carbocycles. The summed E-state index contributed by atoms with van der Waals surface area (Å²) in [5.41, 5.74) is 6.25. The predicted octanol–water partition coefficient (Wildman–Crippen LogP) is 1.67. The zero-order valence-corrected chi connectivity index (χ0v) is 22.0. The van der Waals surface area contributed by atoms with Crippen LogP contribution in [0.4, 0.5) is 22.0 Å². The molecule has 0 spiro atoms. The Kier molecular flexibility index (Phi) is 10.8. The molecule has 0 radical (unpaired) electrons. The lowest BCUT2D eigenvalue weighted by Gasteiger charge is -2.31. The number of halogens is 5. The molecule has 0 saturated carbocycles. The average Bonchev–Trinajstić information content (AvgIpc) is 3.35. The molecule has 1 aliphatic rings. The number of nitrogens with zero attached hydrogens (tertiary/aromatic N) is 5. The summed E-state index contributed by atoms with van der Waals surface area (Å²) in [7, 11) is 0. The fourth-order valence-corrected chi connectivity index (χ4v) is 3.92. The molecule has 3 rings (SSSR count). The number of aromatic nitrogens is 3. The number of amides is 2. The summed E-state index contributed by atoms with van der Waals surface area (Å²) in [6.07, 6.45) is -1.37. The third-order valence-corrected chi connectivity index (χ3v) is 5.95. The molecule has 226 valence electrons. The lowest BCUT2D eigenvalue weighted by atomic mass is 10.1. The smallest absolute Gasteiger partial charge is 0.406 e. The quantitative estimate of drug-likeness (QED) is 0.118. The fourth-order valence-electron chi connectivity index (χ4n) is 3.92. The Morgan fingerprint density at radius 2 is 1.93 bits per heavy atom. The van der Waals surface area contributed by atoms with E-state index in [1.807, 2.05) is 0 Å². The van der Waals surface area contributed by atoms with E-state index in [9.17, 15) is 31.5 Å². The summed E-state index contributed by atoms with van der Waals surface area (Å²) in [6.45, 7) is 0.985. The van der Waals surface area contributed by atoms with Gasteiger partial charge in [-0.15, -0.1) is 18.3 Å². The minimum atomic E-state index is -4.81. The number of piperidine rings is 1. The third kappa shape index (κ3) is 11.6. The summed E-state index contributed by atoms with van der Waals surface area (Å²) in [5.74, 6) is 1.86. The van der Waals surface area contributed by atoms with Crippen LogP contribution in [0, 0.1) is 0 Å². The summed E-state index contributed by atoms with van der Waals surface area (Å²) in [5, 5.41) is 14.0. The van der Waals surface area contributed by atoms with Gasteiger partial charge in [0.1, 0.15) is 11.6 Å². The second kappa shape index (κ2) is 14.1. The molecular weight excluding hydrogens is 557 g/mol. The second-order valence-corrected chi connectivity index (χ2v) is 9.45. The fraction of sp³-hybridized carbons (Fsp3) is 0.500. The summed E-state index contributed by atoms with van der Waals surface area (Å²) in [6, 6.07) is 5.25. The number of ether oxygens (including phenoxy) is 1. The number of carbonyl (C=O) groups excluding carboxylic acids is 2. The maximum absolute atomic E-state index is 13.2. The van der Waals surface area contributed by atoms with E-state index in [2.05, 4.69) is 25.7 Å². The number of benzene rings is 1. The van der Waals surface area contributed by atoms with Crippen molar-refractivity contribution < 1.29 is 36.3 Å². The number of hydrogen-bond donors (Lipinski definition) is 4. The molecule has 2 heterocycles. The van der Waals surface area contributed by atoms with E-state index in [0.717, 1.165) is 6.07 Å². The second-order valence-electron chi connectivity index (χ2n) is 9.45. The van der Waals surface area contributed by atoms with Crippen molar-refractivity contribution in [1.29, 1.82) is 0 Å². The molecular formula is C24H32F5N9O3. The first-order chi connectivity index (χ1) is 19.3. The van der Waals surface area contributed by atoms with E-state index in [0.29, 0.717) is 31.5 Å². The summed E-state index contributed by atoms with van der Waals surface area (Å²) >= 11 is 0. The lowest BCUT2D eigenvalue weighted by Crippen LogP contribution is -2.45. The van der Waals surface area contributed by atoms with Crippen LogP contribution in [0.1, 0.15) is 41.7 Å². The van der Waals surface area contributed by atoms with Crippen molar-refractivity contribution >= 4 is 11.8 Å². The Balaban J connectivity index is 1.33. The number of hydrazine groups is 1. The van der Waals surface area contributed by atoms with Gasteiger partial charge in [0.2, 0.25) is 5.91 Å². The average molecular weight is 590 g/mol. The first kappa shape index (κ1) is 31.5. The molecule has 6 N–H and O–H groups in total. The van der Waals surface area contributed by atoms with Crippen LogP contribution in [0.3, 0.4) is 0 Å². The van der Waals surface area contributed by atoms with Crippen molar-refractivity contribution in [2.75, 3.05) is 26.2 Å². The molecule has 1 saturated heterocycles. The Morgan fingerprint density at radius 1 is 1.20 bits per heavy atom. The molecule has 0 bridgehead atoms. The number of nitrogens with two attached hydrogens (primary N) is 2. The van der Waals surface area contributed by atoms with E-state index >= 15 is 0 Å². The number of aryl methyl sites for hydroxylation is 1. The van der Waals surface area contributed by atoms with Crippen LogP contribution in [0.2, 0.25) is 0 Å². The highest BCUT2D eigenvalue weighted by atomic mass is 19.4. The van der Waals surface area contributed by atoms with E-state index in [1.54, 1.807) is 11.0 Å². The maximum Gasteiger partial charge on any atom is 0.573 e. The molecule has 1 fully saturated rings. The topological polar surface area (TPSA) is 157 Å². The largest absolute Gasteiger partial charge is 0.573 e. The zero-order valence-electron chi connectivity index (χ0n) is 22.0. The van der Waals surface area contributed by atoms with E-state index in [1.165, 1.54) is 34.2 Å². The van der Waals surface area contributed by atoms with Gasteiger partial charge in [0.15, 0.2) is 5.69 Å². The van der Waals surface area contributed by atoms with Crippen LogP contribution in [0.5, 0.6) is 5.75 Å². The first-order valence-electron chi connectivity index (χ1n) is 12.7. The molecule has 12 nitrogen and oxygen atoms in total. The van der Waals surface area contributed by atoms with E-state index in [-0.39, 0.29) is 50.5 Å². The number of unbranched alkanes of at least 4 members (excludes halogenated alkanes) is 1. The molecule has 2 amide bonds. The van der Waals surface area contributed by atoms with Crippen molar-refractivity contribution in [3.8, 4) is 5.75 Å². The predicted molar refractivity (Wildman–Crippen MR) is 135 cm³/mol. The van der Waals surface area contributed by atoms with Gasteiger partial charge < -0.3 is 26.1 Å². The number of rotatable bonds is 13. The van der Waals surface area contributed by atoms with Crippen molar-refractivity contribution in [2.24, 2.45) is 11.6 Å². The number of alkyl halides is 5. The standard InChI is InChI=1S/C24H32F5N9O3/c25-23(26)6-10-36(11-7-23)16-21(39)33-20(30)15-37(31)8-1-2-9-38-14-19(34-35-38)22(40)32-13-17-4-3-5-18(12-17)41-24(27,28)29/h3-5,12,14-15H,1-2,6-11,13,16,30-31H2,(H,32,40)(H,33,39)/b20-15+. The molecule has 1 aromatic heterocycles. The molecule has 2 aromatic rings. The van der Waals surface area contributed by atoms with Gasteiger partial charge >= 0.3 is 6.36 Å². The van der Waals surface area contributed by atoms with Crippen LogP contribution < -0.4 is 26.9 Å². The Morgan fingerprint density at radius 3 is 2.63 bits per heavy atom. The number of nitrogens with one attached hydrogen (secondary N) is 2. The van der Waals surface area contributed by atoms with Gasteiger partial charge in [-0.2, -0.15) is 0 Å². The van der Waals surface area contributed by atoms with Gasteiger partial charge in [-0.3, -0.25) is 19.2 Å². The van der Waals surface area contributed by atoms with Gasteiger partial charge in [-0.25, -0.2) is 14.6 Å². The van der Waals surface area contributed by atoms with Crippen LogP contribution in [-0.2, 0) is 17.9 Å². The van der Waals surface area contributed by atoms with E-state index in [4.69, 9.17) is 11.6 Å². The summed E-state index contributed by atoms with van der Waals surface area (Å²) in [4.78, 5) is 26.1. The molecule has 1 aliphatic heterocycles.